The van der Waals surface area contributed by atoms with Crippen LogP contribution in [0, 0.1) is 0 Å². The first-order valence-corrected chi connectivity index (χ1v) is 7.19. The standard InChI is InChI=1S/C13H19N5OS/c1-18(12(19)11-9-14-7-8-15-11)17-13(20)16-10-5-3-2-4-6-10/h7-10H,2-6H2,1H3,(H2,16,17,20). The third-order valence-electron chi connectivity index (χ3n) is 3.30. The van der Waals surface area contributed by atoms with Gasteiger partial charge < -0.3 is 5.32 Å². The second-order valence-electron chi connectivity index (χ2n) is 4.88. The SMILES string of the molecule is CN(NC(=S)NC1CCCCC1)C(=O)c1cnccn1. The van der Waals surface area contributed by atoms with E-state index in [4.69, 9.17) is 12.2 Å². The van der Waals surface area contributed by atoms with Crippen LogP contribution >= 0.6 is 12.2 Å². The molecule has 108 valence electrons. The highest BCUT2D eigenvalue weighted by Crippen LogP contribution is 2.17. The maximum Gasteiger partial charge on any atom is 0.292 e. The van der Waals surface area contributed by atoms with Gasteiger partial charge in [-0.15, -0.1) is 0 Å². The predicted octanol–water partition coefficient (Wildman–Crippen LogP) is 1.26. The van der Waals surface area contributed by atoms with Crippen LogP contribution in [0.25, 0.3) is 0 Å². The average Bonchev–Trinajstić information content (AvgIpc) is 2.48. The van der Waals surface area contributed by atoms with Gasteiger partial charge in [0, 0.05) is 25.5 Å². The molecule has 0 radical (unpaired) electrons. The highest BCUT2D eigenvalue weighted by Gasteiger charge is 2.17. The Hall–Kier alpha value is -1.76. The van der Waals surface area contributed by atoms with Crippen LogP contribution in [0.5, 0.6) is 0 Å². The summed E-state index contributed by atoms with van der Waals surface area (Å²) in [7, 11) is 1.62. The Balaban J connectivity index is 1.82. The van der Waals surface area contributed by atoms with Gasteiger partial charge in [0.25, 0.3) is 5.91 Å². The molecule has 7 heteroatoms. The first-order chi connectivity index (χ1) is 9.66. The van der Waals surface area contributed by atoms with E-state index in [1.165, 1.54) is 42.9 Å². The van der Waals surface area contributed by atoms with Crippen LogP contribution in [0.1, 0.15) is 42.6 Å². The van der Waals surface area contributed by atoms with Gasteiger partial charge in [-0.3, -0.25) is 20.2 Å². The minimum Gasteiger partial charge on any atom is -0.359 e. The van der Waals surface area contributed by atoms with Crippen molar-refractivity contribution in [1.29, 1.82) is 0 Å². The normalized spacial score (nSPS) is 15.4. The molecule has 1 aliphatic carbocycles. The van der Waals surface area contributed by atoms with Crippen molar-refractivity contribution >= 4 is 23.2 Å². The number of nitrogens with one attached hydrogen (secondary N) is 2. The van der Waals surface area contributed by atoms with Crippen LogP contribution in [-0.4, -0.2) is 39.1 Å². The lowest BCUT2D eigenvalue weighted by Gasteiger charge is -2.26. The first kappa shape index (κ1) is 14.6. The molecule has 0 aromatic carbocycles. The summed E-state index contributed by atoms with van der Waals surface area (Å²) >= 11 is 5.23. The van der Waals surface area contributed by atoms with Crippen molar-refractivity contribution in [3.8, 4) is 0 Å². The molecule has 2 rings (SSSR count). The first-order valence-electron chi connectivity index (χ1n) is 6.78. The molecule has 1 aliphatic rings. The van der Waals surface area contributed by atoms with Gasteiger partial charge in [-0.2, -0.15) is 0 Å². The Kier molecular flexibility index (Phi) is 5.23. The van der Waals surface area contributed by atoms with Crippen LogP contribution in [0.15, 0.2) is 18.6 Å². The molecule has 1 fully saturated rings. The van der Waals surface area contributed by atoms with Crippen molar-refractivity contribution in [2.45, 2.75) is 38.1 Å². The number of thiocarbonyl (C=S) groups is 1. The molecule has 0 spiro atoms. The van der Waals surface area contributed by atoms with E-state index in [-0.39, 0.29) is 11.6 Å². The van der Waals surface area contributed by atoms with Crippen LogP contribution < -0.4 is 10.7 Å². The maximum absolute atomic E-state index is 12.0. The molecule has 0 bridgehead atoms. The van der Waals surface area contributed by atoms with Gasteiger partial charge in [0.2, 0.25) is 0 Å². The number of hydrogen-bond acceptors (Lipinski definition) is 4. The molecule has 1 saturated carbocycles. The number of nitrogens with zero attached hydrogens (tertiary/aromatic N) is 3. The summed E-state index contributed by atoms with van der Waals surface area (Å²) in [6.45, 7) is 0. The second kappa shape index (κ2) is 7.14. The molecule has 0 unspecified atom stereocenters. The summed E-state index contributed by atoms with van der Waals surface area (Å²) in [6.07, 6.45) is 10.5. The third-order valence-corrected chi connectivity index (χ3v) is 3.51. The molecular formula is C13H19N5OS. The maximum atomic E-state index is 12.0. The van der Waals surface area contributed by atoms with E-state index in [1.54, 1.807) is 7.05 Å². The molecule has 6 nitrogen and oxygen atoms in total. The van der Waals surface area contributed by atoms with E-state index >= 15 is 0 Å². The Morgan fingerprint density at radius 3 is 2.75 bits per heavy atom. The summed E-state index contributed by atoms with van der Waals surface area (Å²) in [5, 5.41) is 5.04. The van der Waals surface area contributed by atoms with Crippen molar-refractivity contribution in [3.05, 3.63) is 24.3 Å². The number of carbonyl (C=O) groups is 1. The van der Waals surface area contributed by atoms with Crippen LogP contribution in [0.4, 0.5) is 0 Å². The fourth-order valence-electron chi connectivity index (χ4n) is 2.25. The largest absolute Gasteiger partial charge is 0.359 e. The van der Waals surface area contributed by atoms with E-state index in [0.717, 1.165) is 12.8 Å². The summed E-state index contributed by atoms with van der Waals surface area (Å²) in [5.41, 5.74) is 3.14. The zero-order valence-corrected chi connectivity index (χ0v) is 12.3. The van der Waals surface area contributed by atoms with Gasteiger partial charge in [0.1, 0.15) is 5.69 Å². The van der Waals surface area contributed by atoms with Crippen LogP contribution in [-0.2, 0) is 0 Å². The summed E-state index contributed by atoms with van der Waals surface area (Å²) in [4.78, 5) is 19.9. The molecule has 1 aromatic heterocycles. The highest BCUT2D eigenvalue weighted by atomic mass is 32.1. The highest BCUT2D eigenvalue weighted by molar-refractivity contribution is 7.80. The summed E-state index contributed by atoms with van der Waals surface area (Å²) in [6, 6.07) is 0.406. The Bertz CT molecular complexity index is 461. The van der Waals surface area contributed by atoms with E-state index in [1.807, 2.05) is 0 Å². The van der Waals surface area contributed by atoms with E-state index < -0.39 is 0 Å². The zero-order valence-electron chi connectivity index (χ0n) is 11.5. The van der Waals surface area contributed by atoms with Crippen LogP contribution in [0.3, 0.4) is 0 Å². The molecular weight excluding hydrogens is 274 g/mol. The summed E-state index contributed by atoms with van der Waals surface area (Å²) in [5.74, 6) is -0.272. The second-order valence-corrected chi connectivity index (χ2v) is 5.28. The molecule has 0 aliphatic heterocycles. The fraction of sp³-hybridized carbons (Fsp3) is 0.538. The number of amides is 1. The zero-order chi connectivity index (χ0) is 14.4. The van der Waals surface area contributed by atoms with Gasteiger partial charge in [-0.05, 0) is 25.1 Å². The molecule has 2 N–H and O–H groups in total. The van der Waals surface area contributed by atoms with Crippen LogP contribution in [0.2, 0.25) is 0 Å². The third kappa shape index (κ3) is 4.12. The number of carbonyl (C=O) groups excluding carboxylic acids is 1. The lowest BCUT2D eigenvalue weighted by Crippen LogP contribution is -2.50. The summed E-state index contributed by atoms with van der Waals surface area (Å²) < 4.78 is 0. The Labute approximate surface area is 123 Å². The number of hydrazine groups is 1. The van der Waals surface area contributed by atoms with Crippen molar-refractivity contribution < 1.29 is 4.79 Å². The van der Waals surface area contributed by atoms with E-state index in [2.05, 4.69) is 20.7 Å². The lowest BCUT2D eigenvalue weighted by molar-refractivity contribution is 0.0751. The molecule has 20 heavy (non-hydrogen) atoms. The lowest BCUT2D eigenvalue weighted by atomic mass is 9.96. The fourth-order valence-corrected chi connectivity index (χ4v) is 2.55. The predicted molar refractivity (Wildman–Crippen MR) is 79.9 cm³/mol. The van der Waals surface area contributed by atoms with Crippen molar-refractivity contribution in [1.82, 2.24) is 25.7 Å². The number of hydrogen-bond donors (Lipinski definition) is 2. The molecule has 1 heterocycles. The molecule has 1 amide bonds. The van der Waals surface area contributed by atoms with E-state index in [0.29, 0.717) is 11.2 Å². The van der Waals surface area contributed by atoms with Crippen molar-refractivity contribution in [2.75, 3.05) is 7.05 Å². The van der Waals surface area contributed by atoms with Gasteiger partial charge in [0.15, 0.2) is 5.11 Å². The van der Waals surface area contributed by atoms with Gasteiger partial charge in [0.05, 0.1) is 6.20 Å². The Morgan fingerprint density at radius 1 is 1.35 bits per heavy atom. The Morgan fingerprint density at radius 2 is 2.10 bits per heavy atom. The average molecular weight is 293 g/mol. The quantitative estimate of drug-likeness (QED) is 0.632. The van der Waals surface area contributed by atoms with Crippen molar-refractivity contribution in [3.63, 3.8) is 0 Å². The van der Waals surface area contributed by atoms with Crippen molar-refractivity contribution in [2.24, 2.45) is 0 Å². The van der Waals surface area contributed by atoms with Gasteiger partial charge >= 0.3 is 0 Å². The van der Waals surface area contributed by atoms with Gasteiger partial charge in [-0.25, -0.2) is 4.98 Å². The topological polar surface area (TPSA) is 70.2 Å². The van der Waals surface area contributed by atoms with E-state index in [9.17, 15) is 4.79 Å². The molecule has 0 atom stereocenters. The minimum absolute atomic E-state index is 0.272. The van der Waals surface area contributed by atoms with Gasteiger partial charge in [-0.1, -0.05) is 19.3 Å². The number of rotatable bonds is 2. The minimum atomic E-state index is -0.272. The molecule has 0 saturated heterocycles. The number of aromatic nitrogens is 2. The monoisotopic (exact) mass is 293 g/mol. The smallest absolute Gasteiger partial charge is 0.292 e. The molecule has 1 aromatic rings.